The summed E-state index contributed by atoms with van der Waals surface area (Å²) in [5, 5.41) is 3.31. The van der Waals surface area contributed by atoms with Crippen molar-refractivity contribution >= 4 is 5.69 Å². The molecular formula is C17H27FN2. The lowest BCUT2D eigenvalue weighted by Gasteiger charge is -2.36. The number of rotatable bonds is 5. The lowest BCUT2D eigenvalue weighted by Crippen LogP contribution is -2.37. The van der Waals surface area contributed by atoms with Crippen LogP contribution in [0.4, 0.5) is 10.1 Å². The van der Waals surface area contributed by atoms with E-state index in [9.17, 15) is 4.39 Å². The topological polar surface area (TPSA) is 15.3 Å². The monoisotopic (exact) mass is 278 g/mol. The maximum atomic E-state index is 14.3. The molecule has 0 heterocycles. The highest BCUT2D eigenvalue weighted by atomic mass is 19.1. The number of nitrogens with zero attached hydrogens (tertiary/aromatic N) is 1. The number of halogens is 1. The van der Waals surface area contributed by atoms with E-state index >= 15 is 0 Å². The summed E-state index contributed by atoms with van der Waals surface area (Å²) in [6, 6.07) is 5.89. The SMILES string of the molecule is CCNCc1cccc(F)c1N(C)C1CCCC(C)C1. The molecule has 0 bridgehead atoms. The smallest absolute Gasteiger partial charge is 0.146 e. The molecule has 0 aromatic heterocycles. The lowest BCUT2D eigenvalue weighted by molar-refractivity contribution is 0.335. The van der Waals surface area contributed by atoms with Crippen LogP contribution in [0.1, 0.15) is 45.1 Å². The predicted molar refractivity (Wildman–Crippen MR) is 83.6 cm³/mol. The Morgan fingerprint density at radius 1 is 1.35 bits per heavy atom. The van der Waals surface area contributed by atoms with Crippen molar-refractivity contribution in [1.29, 1.82) is 0 Å². The number of para-hydroxylation sites is 1. The zero-order chi connectivity index (χ0) is 14.5. The highest BCUT2D eigenvalue weighted by molar-refractivity contribution is 5.55. The van der Waals surface area contributed by atoms with Crippen molar-refractivity contribution in [2.75, 3.05) is 18.5 Å². The van der Waals surface area contributed by atoms with Crippen LogP contribution >= 0.6 is 0 Å². The first-order valence-corrected chi connectivity index (χ1v) is 7.84. The summed E-state index contributed by atoms with van der Waals surface area (Å²) >= 11 is 0. The van der Waals surface area contributed by atoms with E-state index in [-0.39, 0.29) is 5.82 Å². The molecule has 112 valence electrons. The van der Waals surface area contributed by atoms with Gasteiger partial charge >= 0.3 is 0 Å². The Labute approximate surface area is 122 Å². The Hall–Kier alpha value is -1.09. The van der Waals surface area contributed by atoms with Gasteiger partial charge in [-0.1, -0.05) is 38.8 Å². The van der Waals surface area contributed by atoms with Gasteiger partial charge in [0.25, 0.3) is 0 Å². The molecule has 2 atom stereocenters. The Kier molecular flexibility index (Phi) is 5.41. The second kappa shape index (κ2) is 7.07. The van der Waals surface area contributed by atoms with E-state index in [1.54, 1.807) is 6.07 Å². The maximum Gasteiger partial charge on any atom is 0.146 e. The highest BCUT2D eigenvalue weighted by Crippen LogP contribution is 2.32. The zero-order valence-corrected chi connectivity index (χ0v) is 13.0. The van der Waals surface area contributed by atoms with E-state index in [4.69, 9.17) is 0 Å². The Bertz CT molecular complexity index is 433. The number of nitrogens with one attached hydrogen (secondary N) is 1. The largest absolute Gasteiger partial charge is 0.369 e. The second-order valence-corrected chi connectivity index (χ2v) is 6.06. The van der Waals surface area contributed by atoms with Crippen LogP contribution in [0.3, 0.4) is 0 Å². The van der Waals surface area contributed by atoms with E-state index < -0.39 is 0 Å². The molecule has 1 aliphatic carbocycles. The molecule has 0 amide bonds. The van der Waals surface area contributed by atoms with Crippen molar-refractivity contribution in [1.82, 2.24) is 5.32 Å². The number of anilines is 1. The van der Waals surface area contributed by atoms with Gasteiger partial charge in [0.1, 0.15) is 5.82 Å². The van der Waals surface area contributed by atoms with Crippen LogP contribution in [0.2, 0.25) is 0 Å². The molecule has 1 aromatic rings. The average molecular weight is 278 g/mol. The minimum absolute atomic E-state index is 0.0962. The first-order valence-electron chi connectivity index (χ1n) is 7.84. The molecule has 0 saturated heterocycles. The molecule has 3 heteroatoms. The third-order valence-corrected chi connectivity index (χ3v) is 4.44. The summed E-state index contributed by atoms with van der Waals surface area (Å²) in [7, 11) is 2.05. The summed E-state index contributed by atoms with van der Waals surface area (Å²) in [6.45, 7) is 6.02. The van der Waals surface area contributed by atoms with Crippen molar-refractivity contribution < 1.29 is 4.39 Å². The lowest BCUT2D eigenvalue weighted by atomic mass is 9.86. The number of benzene rings is 1. The summed E-state index contributed by atoms with van der Waals surface area (Å²) in [6.07, 6.45) is 4.92. The number of hydrogen-bond donors (Lipinski definition) is 1. The molecular weight excluding hydrogens is 251 g/mol. The van der Waals surface area contributed by atoms with E-state index in [2.05, 4.69) is 31.1 Å². The van der Waals surface area contributed by atoms with Gasteiger partial charge in [0.15, 0.2) is 0 Å². The highest BCUT2D eigenvalue weighted by Gasteiger charge is 2.25. The Balaban J connectivity index is 2.21. The fraction of sp³-hybridized carbons (Fsp3) is 0.647. The van der Waals surface area contributed by atoms with Gasteiger partial charge in [-0.2, -0.15) is 0 Å². The van der Waals surface area contributed by atoms with Crippen LogP contribution in [0.5, 0.6) is 0 Å². The molecule has 2 rings (SSSR count). The molecule has 1 aliphatic rings. The molecule has 1 aromatic carbocycles. The molecule has 2 unspecified atom stereocenters. The summed E-state index contributed by atoms with van der Waals surface area (Å²) < 4.78 is 14.3. The first-order chi connectivity index (χ1) is 9.63. The van der Waals surface area contributed by atoms with E-state index in [0.29, 0.717) is 6.04 Å². The van der Waals surface area contributed by atoms with Gasteiger partial charge in [-0.15, -0.1) is 0 Å². The third-order valence-electron chi connectivity index (χ3n) is 4.44. The Morgan fingerprint density at radius 2 is 2.15 bits per heavy atom. The second-order valence-electron chi connectivity index (χ2n) is 6.06. The first kappa shape index (κ1) is 15.3. The van der Waals surface area contributed by atoms with E-state index in [1.165, 1.54) is 25.7 Å². The zero-order valence-electron chi connectivity index (χ0n) is 13.0. The van der Waals surface area contributed by atoms with Crippen molar-refractivity contribution in [3.63, 3.8) is 0 Å². The van der Waals surface area contributed by atoms with Crippen LogP contribution in [-0.2, 0) is 6.54 Å². The van der Waals surface area contributed by atoms with Gasteiger partial charge < -0.3 is 10.2 Å². The molecule has 1 saturated carbocycles. The Morgan fingerprint density at radius 3 is 2.85 bits per heavy atom. The number of hydrogen-bond acceptors (Lipinski definition) is 2. The van der Waals surface area contributed by atoms with Gasteiger partial charge in [-0.25, -0.2) is 4.39 Å². The normalized spacial score (nSPS) is 22.8. The fourth-order valence-corrected chi connectivity index (χ4v) is 3.29. The molecule has 2 nitrogen and oxygen atoms in total. The molecule has 1 fully saturated rings. The van der Waals surface area contributed by atoms with Crippen LogP contribution < -0.4 is 10.2 Å². The van der Waals surface area contributed by atoms with E-state index in [0.717, 1.165) is 30.3 Å². The molecule has 0 aliphatic heterocycles. The van der Waals surface area contributed by atoms with Crippen molar-refractivity contribution in [3.05, 3.63) is 29.6 Å². The standard InChI is InChI=1S/C17H27FN2/c1-4-19-12-14-8-6-10-16(18)17(14)20(3)15-9-5-7-13(2)11-15/h6,8,10,13,15,19H,4-5,7,9,11-12H2,1-3H3. The maximum absolute atomic E-state index is 14.3. The molecule has 0 radical (unpaired) electrons. The fourth-order valence-electron chi connectivity index (χ4n) is 3.29. The van der Waals surface area contributed by atoms with Crippen molar-refractivity contribution in [2.24, 2.45) is 5.92 Å². The van der Waals surface area contributed by atoms with Gasteiger partial charge in [-0.05, 0) is 36.9 Å². The van der Waals surface area contributed by atoms with Crippen molar-refractivity contribution in [3.8, 4) is 0 Å². The van der Waals surface area contributed by atoms with Crippen LogP contribution in [0.25, 0.3) is 0 Å². The summed E-state index contributed by atoms with van der Waals surface area (Å²) in [5.74, 6) is 0.654. The van der Waals surface area contributed by atoms with Crippen molar-refractivity contribution in [2.45, 2.75) is 52.1 Å². The molecule has 1 N–H and O–H groups in total. The van der Waals surface area contributed by atoms with Gasteiger partial charge in [0.05, 0.1) is 5.69 Å². The minimum Gasteiger partial charge on any atom is -0.369 e. The van der Waals surface area contributed by atoms with Gasteiger partial charge in [-0.3, -0.25) is 0 Å². The quantitative estimate of drug-likeness (QED) is 0.877. The van der Waals surface area contributed by atoms with Crippen LogP contribution in [0.15, 0.2) is 18.2 Å². The van der Waals surface area contributed by atoms with Crippen LogP contribution in [0, 0.1) is 11.7 Å². The minimum atomic E-state index is -0.0962. The van der Waals surface area contributed by atoms with E-state index in [1.807, 2.05) is 12.1 Å². The van der Waals surface area contributed by atoms with Gasteiger partial charge in [0.2, 0.25) is 0 Å². The molecule has 0 spiro atoms. The average Bonchev–Trinajstić information content (AvgIpc) is 2.44. The summed E-state index contributed by atoms with van der Waals surface area (Å²) in [5.41, 5.74) is 1.85. The summed E-state index contributed by atoms with van der Waals surface area (Å²) in [4.78, 5) is 2.18. The van der Waals surface area contributed by atoms with Crippen LogP contribution in [-0.4, -0.2) is 19.6 Å². The molecule has 20 heavy (non-hydrogen) atoms. The predicted octanol–water partition coefficient (Wildman–Crippen LogP) is 3.95. The third kappa shape index (κ3) is 3.51. The van der Waals surface area contributed by atoms with Gasteiger partial charge in [0, 0.05) is 19.6 Å².